The maximum Gasteiger partial charge on any atom is 0.158 e. The van der Waals surface area contributed by atoms with Gasteiger partial charge in [-0.1, -0.05) is 36.4 Å². The van der Waals surface area contributed by atoms with Gasteiger partial charge in [-0.15, -0.1) is 0 Å². The Morgan fingerprint density at radius 1 is 0.880 bits per heavy atom. The number of nitrogens with zero attached hydrogens (tertiary/aromatic N) is 1. The number of benzene rings is 2. The molecular weight excluding hydrogens is 314 g/mol. The van der Waals surface area contributed by atoms with Crippen molar-refractivity contribution in [2.24, 2.45) is 0 Å². The molecule has 0 aliphatic rings. The second-order valence-electron chi connectivity index (χ2n) is 5.94. The highest BCUT2D eigenvalue weighted by Crippen LogP contribution is 2.37. The molecular formula is C21H23NO3. The van der Waals surface area contributed by atoms with Crippen molar-refractivity contribution in [3.05, 3.63) is 60.9 Å². The fraction of sp³-hybridized carbons (Fsp3) is 0.238. The zero-order chi connectivity index (χ0) is 17.6. The quantitative estimate of drug-likeness (QED) is 0.487. The fourth-order valence-corrected chi connectivity index (χ4v) is 2.90. The number of ether oxygens (including phenoxy) is 1. The Morgan fingerprint density at radius 2 is 1.60 bits per heavy atom. The number of aryl methyl sites for hydroxylation is 1. The average Bonchev–Trinajstić information content (AvgIpc) is 3.06. The first-order valence-corrected chi connectivity index (χ1v) is 8.54. The summed E-state index contributed by atoms with van der Waals surface area (Å²) < 4.78 is 7.57. The Morgan fingerprint density at radius 3 is 2.28 bits per heavy atom. The van der Waals surface area contributed by atoms with Crippen LogP contribution in [0.4, 0.5) is 0 Å². The molecule has 4 nitrogen and oxygen atoms in total. The highest BCUT2D eigenvalue weighted by molar-refractivity contribution is 5.84. The monoisotopic (exact) mass is 337 g/mol. The molecule has 2 aromatic carbocycles. The van der Waals surface area contributed by atoms with Gasteiger partial charge in [-0.3, -0.25) is 0 Å². The molecule has 0 amide bonds. The van der Waals surface area contributed by atoms with E-state index in [9.17, 15) is 10.2 Å². The Hall–Kier alpha value is -2.72. The van der Waals surface area contributed by atoms with Crippen LogP contribution in [0, 0.1) is 0 Å². The van der Waals surface area contributed by atoms with E-state index in [0.717, 1.165) is 48.4 Å². The maximum atomic E-state index is 9.86. The lowest BCUT2D eigenvalue weighted by atomic mass is 9.99. The van der Waals surface area contributed by atoms with Crippen molar-refractivity contribution in [3.63, 3.8) is 0 Å². The summed E-state index contributed by atoms with van der Waals surface area (Å²) in [6.45, 7) is 4.34. The Bertz CT molecular complexity index is 824. The van der Waals surface area contributed by atoms with Gasteiger partial charge in [0, 0.05) is 43.3 Å². The molecule has 0 atom stereocenters. The van der Waals surface area contributed by atoms with E-state index >= 15 is 0 Å². The van der Waals surface area contributed by atoms with Crippen molar-refractivity contribution < 1.29 is 14.9 Å². The van der Waals surface area contributed by atoms with Crippen LogP contribution in [0.25, 0.3) is 22.3 Å². The summed E-state index contributed by atoms with van der Waals surface area (Å²) in [6, 6.07) is 15.1. The molecule has 3 aromatic rings. The van der Waals surface area contributed by atoms with Gasteiger partial charge in [0.1, 0.15) is 0 Å². The number of phenolic OH excluding ortho intramolecular Hbond substituents is 2. The minimum atomic E-state index is -0.111. The van der Waals surface area contributed by atoms with E-state index in [-0.39, 0.29) is 11.5 Å². The van der Waals surface area contributed by atoms with Crippen LogP contribution in [-0.2, 0) is 11.3 Å². The van der Waals surface area contributed by atoms with E-state index in [2.05, 4.69) is 29.1 Å². The van der Waals surface area contributed by atoms with Crippen LogP contribution in [0.3, 0.4) is 0 Å². The second kappa shape index (κ2) is 7.90. The molecule has 0 radical (unpaired) electrons. The minimum Gasteiger partial charge on any atom is -0.504 e. The van der Waals surface area contributed by atoms with Gasteiger partial charge in [-0.05, 0) is 36.6 Å². The molecule has 0 fully saturated rings. The number of hydrogen-bond acceptors (Lipinski definition) is 3. The largest absolute Gasteiger partial charge is 0.504 e. The van der Waals surface area contributed by atoms with Gasteiger partial charge in [0.05, 0.1) is 0 Å². The highest BCUT2D eigenvalue weighted by atomic mass is 16.5. The summed E-state index contributed by atoms with van der Waals surface area (Å²) in [4.78, 5) is 0. The summed E-state index contributed by atoms with van der Waals surface area (Å²) >= 11 is 0. The lowest BCUT2D eigenvalue weighted by Gasteiger charge is -2.06. The number of aromatic nitrogens is 1. The molecule has 4 heteroatoms. The van der Waals surface area contributed by atoms with E-state index in [1.54, 1.807) is 6.07 Å². The van der Waals surface area contributed by atoms with Crippen LogP contribution in [0.5, 0.6) is 11.5 Å². The van der Waals surface area contributed by atoms with Crippen molar-refractivity contribution in [3.8, 4) is 33.8 Å². The van der Waals surface area contributed by atoms with Crippen molar-refractivity contribution in [1.29, 1.82) is 0 Å². The first kappa shape index (κ1) is 17.1. The molecule has 25 heavy (non-hydrogen) atoms. The third kappa shape index (κ3) is 4.03. The van der Waals surface area contributed by atoms with E-state index in [0.29, 0.717) is 0 Å². The van der Waals surface area contributed by atoms with Crippen LogP contribution in [0.15, 0.2) is 60.9 Å². The number of phenols is 2. The average molecular weight is 337 g/mol. The van der Waals surface area contributed by atoms with Crippen LogP contribution in [-0.4, -0.2) is 28.0 Å². The first-order valence-electron chi connectivity index (χ1n) is 8.54. The Kier molecular flexibility index (Phi) is 5.41. The molecule has 0 saturated heterocycles. The molecule has 0 bridgehead atoms. The molecule has 1 heterocycles. The van der Waals surface area contributed by atoms with Crippen LogP contribution < -0.4 is 0 Å². The first-order chi connectivity index (χ1) is 12.2. The second-order valence-corrected chi connectivity index (χ2v) is 5.94. The normalized spacial score (nSPS) is 10.9. The molecule has 0 aliphatic carbocycles. The summed E-state index contributed by atoms with van der Waals surface area (Å²) in [5.41, 5.74) is 4.12. The lowest BCUT2D eigenvalue weighted by Crippen LogP contribution is -2.00. The highest BCUT2D eigenvalue weighted by Gasteiger charge is 2.12. The van der Waals surface area contributed by atoms with Crippen molar-refractivity contribution in [2.45, 2.75) is 19.9 Å². The standard InChI is InChI=1S/C21H23NO3/c1-2-25-12-6-11-22-14-18(16-7-4-3-5-8-16)19(15-22)17-9-10-20(23)21(24)13-17/h3-5,7-10,13-15,23-24H,2,6,11-12H2,1H3. The van der Waals surface area contributed by atoms with Crippen molar-refractivity contribution >= 4 is 0 Å². The maximum absolute atomic E-state index is 9.86. The van der Waals surface area contributed by atoms with E-state index < -0.39 is 0 Å². The SMILES string of the molecule is CCOCCCn1cc(-c2ccccc2)c(-c2ccc(O)c(O)c2)c1. The third-order valence-electron chi connectivity index (χ3n) is 4.16. The smallest absolute Gasteiger partial charge is 0.158 e. The minimum absolute atomic E-state index is 0.110. The summed E-state index contributed by atoms with van der Waals surface area (Å²) in [6.07, 6.45) is 5.15. The molecule has 3 rings (SSSR count). The zero-order valence-corrected chi connectivity index (χ0v) is 14.4. The topological polar surface area (TPSA) is 54.6 Å². The number of aromatic hydroxyl groups is 2. The predicted octanol–water partition coefficient (Wildman–Crippen LogP) is 4.66. The van der Waals surface area contributed by atoms with Crippen molar-refractivity contribution in [2.75, 3.05) is 13.2 Å². The Balaban J connectivity index is 1.96. The molecule has 130 valence electrons. The number of hydrogen-bond donors (Lipinski definition) is 2. The van der Waals surface area contributed by atoms with Crippen LogP contribution in [0.2, 0.25) is 0 Å². The summed E-state index contributed by atoms with van der Waals surface area (Å²) in [7, 11) is 0. The molecule has 1 aromatic heterocycles. The molecule has 0 spiro atoms. The molecule has 2 N–H and O–H groups in total. The summed E-state index contributed by atoms with van der Waals surface area (Å²) in [5.74, 6) is -0.221. The lowest BCUT2D eigenvalue weighted by molar-refractivity contribution is 0.141. The number of rotatable bonds is 7. The van der Waals surface area contributed by atoms with E-state index in [1.165, 1.54) is 6.07 Å². The summed E-state index contributed by atoms with van der Waals surface area (Å²) in [5, 5.41) is 19.4. The van der Waals surface area contributed by atoms with Gasteiger partial charge in [0.2, 0.25) is 0 Å². The fourth-order valence-electron chi connectivity index (χ4n) is 2.90. The molecule has 0 saturated carbocycles. The van der Waals surface area contributed by atoms with Gasteiger partial charge >= 0.3 is 0 Å². The van der Waals surface area contributed by atoms with E-state index in [4.69, 9.17) is 4.74 Å². The van der Waals surface area contributed by atoms with E-state index in [1.807, 2.05) is 31.2 Å². The van der Waals surface area contributed by atoms with Gasteiger partial charge in [-0.25, -0.2) is 0 Å². The van der Waals surface area contributed by atoms with Gasteiger partial charge in [0.25, 0.3) is 0 Å². The Labute approximate surface area is 147 Å². The van der Waals surface area contributed by atoms with Gasteiger partial charge in [-0.2, -0.15) is 0 Å². The third-order valence-corrected chi connectivity index (χ3v) is 4.16. The van der Waals surface area contributed by atoms with Gasteiger partial charge < -0.3 is 19.5 Å². The van der Waals surface area contributed by atoms with Crippen LogP contribution >= 0.6 is 0 Å². The zero-order valence-electron chi connectivity index (χ0n) is 14.4. The van der Waals surface area contributed by atoms with Crippen LogP contribution in [0.1, 0.15) is 13.3 Å². The molecule has 0 unspecified atom stereocenters. The predicted molar refractivity (Wildman–Crippen MR) is 99.7 cm³/mol. The molecule has 0 aliphatic heterocycles. The van der Waals surface area contributed by atoms with Crippen molar-refractivity contribution in [1.82, 2.24) is 4.57 Å². The van der Waals surface area contributed by atoms with Gasteiger partial charge in [0.15, 0.2) is 11.5 Å².